The van der Waals surface area contributed by atoms with Gasteiger partial charge in [0.15, 0.2) is 5.75 Å². The Balaban J connectivity index is 2.41. The summed E-state index contributed by atoms with van der Waals surface area (Å²) in [7, 11) is 0. The third-order valence-corrected chi connectivity index (χ3v) is 3.85. The van der Waals surface area contributed by atoms with Crippen molar-refractivity contribution in [1.29, 1.82) is 0 Å². The minimum Gasteiger partial charge on any atom is -0.436 e. The van der Waals surface area contributed by atoms with E-state index in [0.717, 1.165) is 5.56 Å². The van der Waals surface area contributed by atoms with Crippen LogP contribution in [0.15, 0.2) is 39.4 Å². The Morgan fingerprint density at radius 1 is 1.35 bits per heavy atom. The van der Waals surface area contributed by atoms with Crippen LogP contribution in [0.5, 0.6) is 11.6 Å². The van der Waals surface area contributed by atoms with Crippen LogP contribution in [0.4, 0.5) is 5.69 Å². The molecule has 0 aliphatic rings. The van der Waals surface area contributed by atoms with E-state index >= 15 is 0 Å². The van der Waals surface area contributed by atoms with Gasteiger partial charge >= 0.3 is 0 Å². The number of hydrogen-bond acceptors (Lipinski definition) is 4. The van der Waals surface area contributed by atoms with Gasteiger partial charge in [0.25, 0.3) is 5.69 Å². The molecule has 0 saturated carbocycles. The molecule has 2 aromatic rings. The lowest BCUT2D eigenvalue weighted by Crippen LogP contribution is -1.95. The molecule has 2 rings (SSSR count). The summed E-state index contributed by atoms with van der Waals surface area (Å²) < 4.78 is 6.58. The van der Waals surface area contributed by atoms with Crippen LogP contribution in [-0.4, -0.2) is 9.91 Å². The third-order valence-electron chi connectivity index (χ3n) is 2.39. The molecule has 1 aromatic carbocycles. The topological polar surface area (TPSA) is 65.3 Å². The molecule has 5 nitrogen and oxygen atoms in total. The van der Waals surface area contributed by atoms with Crippen molar-refractivity contribution in [2.24, 2.45) is 0 Å². The van der Waals surface area contributed by atoms with Crippen molar-refractivity contribution < 1.29 is 9.66 Å². The highest BCUT2D eigenvalue weighted by molar-refractivity contribution is 9.11. The monoisotopic (exact) mass is 420 g/mol. The molecule has 0 unspecified atom stereocenters. The van der Waals surface area contributed by atoms with E-state index in [4.69, 9.17) is 16.3 Å². The molecule has 104 valence electrons. The lowest BCUT2D eigenvalue weighted by Gasteiger charge is -2.11. The van der Waals surface area contributed by atoms with Gasteiger partial charge in [-0.05, 0) is 37.9 Å². The summed E-state index contributed by atoms with van der Waals surface area (Å²) in [5.41, 5.74) is 0.681. The highest BCUT2D eigenvalue weighted by atomic mass is 79.9. The zero-order chi connectivity index (χ0) is 14.7. The van der Waals surface area contributed by atoms with Crippen molar-refractivity contribution >= 4 is 49.1 Å². The van der Waals surface area contributed by atoms with Gasteiger partial charge in [0.1, 0.15) is 0 Å². The molecule has 1 heterocycles. The molecular weight excluding hydrogens is 415 g/mol. The van der Waals surface area contributed by atoms with Gasteiger partial charge in [-0.25, -0.2) is 4.98 Å². The second-order valence-corrected chi connectivity index (χ2v) is 5.67. The van der Waals surface area contributed by atoms with E-state index in [-0.39, 0.29) is 11.6 Å². The molecule has 0 fully saturated rings. The fraction of sp³-hybridized carbons (Fsp3) is 0.0833. The van der Waals surface area contributed by atoms with Crippen molar-refractivity contribution in [3.8, 4) is 11.6 Å². The van der Waals surface area contributed by atoms with Crippen LogP contribution >= 0.6 is 43.5 Å². The average molecular weight is 422 g/mol. The second-order valence-electron chi connectivity index (χ2n) is 3.70. The van der Waals surface area contributed by atoms with Crippen molar-refractivity contribution in [2.75, 3.05) is 0 Å². The van der Waals surface area contributed by atoms with Gasteiger partial charge in [-0.2, -0.15) is 0 Å². The zero-order valence-electron chi connectivity index (χ0n) is 9.85. The van der Waals surface area contributed by atoms with Crippen LogP contribution in [0.3, 0.4) is 0 Å². The third kappa shape index (κ3) is 3.28. The van der Waals surface area contributed by atoms with Crippen LogP contribution in [-0.2, 0) is 5.88 Å². The normalized spacial score (nSPS) is 10.3. The predicted molar refractivity (Wildman–Crippen MR) is 82.4 cm³/mol. The average Bonchev–Trinajstić information content (AvgIpc) is 2.42. The summed E-state index contributed by atoms with van der Waals surface area (Å²) in [6, 6.07) is 6.28. The van der Waals surface area contributed by atoms with Gasteiger partial charge in [0.05, 0.1) is 19.7 Å². The van der Waals surface area contributed by atoms with E-state index in [2.05, 4.69) is 36.8 Å². The highest BCUT2D eigenvalue weighted by Crippen LogP contribution is 2.40. The number of rotatable bonds is 4. The first-order valence-electron chi connectivity index (χ1n) is 5.34. The summed E-state index contributed by atoms with van der Waals surface area (Å²) in [5, 5.41) is 10.8. The summed E-state index contributed by atoms with van der Waals surface area (Å²) in [4.78, 5) is 14.4. The summed E-state index contributed by atoms with van der Waals surface area (Å²) >= 11 is 12.3. The smallest absolute Gasteiger partial charge is 0.271 e. The predicted octanol–water partition coefficient (Wildman–Crippen LogP) is 5.05. The molecule has 0 aliphatic carbocycles. The van der Waals surface area contributed by atoms with E-state index in [0.29, 0.717) is 20.6 Å². The Labute approximate surface area is 136 Å². The lowest BCUT2D eigenvalue weighted by molar-refractivity contribution is -0.385. The van der Waals surface area contributed by atoms with Crippen LogP contribution in [0.1, 0.15) is 5.56 Å². The Morgan fingerprint density at radius 3 is 2.55 bits per heavy atom. The van der Waals surface area contributed by atoms with Crippen molar-refractivity contribution in [1.82, 2.24) is 4.98 Å². The standard InChI is InChI=1S/C12H7Br2ClN2O3/c13-9-4-8(17(18)19)5-10(14)11(9)20-12-7(6-15)2-1-3-16-12/h1-5H,6H2. The first-order chi connectivity index (χ1) is 9.52. The van der Waals surface area contributed by atoms with Gasteiger partial charge in [0.2, 0.25) is 5.88 Å². The fourth-order valence-electron chi connectivity index (χ4n) is 1.46. The Kier molecular flexibility index (Phi) is 4.95. The molecule has 0 saturated heterocycles. The number of non-ortho nitro benzene ring substituents is 1. The maximum atomic E-state index is 10.8. The van der Waals surface area contributed by atoms with Crippen molar-refractivity contribution in [2.45, 2.75) is 5.88 Å². The Bertz CT molecular complexity index is 644. The van der Waals surface area contributed by atoms with Crippen molar-refractivity contribution in [3.63, 3.8) is 0 Å². The Morgan fingerprint density at radius 2 is 2.00 bits per heavy atom. The molecule has 0 atom stereocenters. The minimum atomic E-state index is -0.482. The van der Waals surface area contributed by atoms with E-state index in [1.165, 1.54) is 12.1 Å². The lowest BCUT2D eigenvalue weighted by atomic mass is 10.3. The number of nitrogens with zero attached hydrogens (tertiary/aromatic N) is 2. The van der Waals surface area contributed by atoms with Crippen molar-refractivity contribution in [3.05, 3.63) is 55.1 Å². The Hall–Kier alpha value is -1.18. The largest absolute Gasteiger partial charge is 0.436 e. The summed E-state index contributed by atoms with van der Waals surface area (Å²) in [6.45, 7) is 0. The molecule has 0 radical (unpaired) electrons. The number of alkyl halides is 1. The first kappa shape index (κ1) is 15.2. The maximum absolute atomic E-state index is 10.8. The fourth-order valence-corrected chi connectivity index (χ4v) is 2.99. The van der Waals surface area contributed by atoms with Gasteiger partial charge < -0.3 is 4.74 Å². The van der Waals surface area contributed by atoms with Gasteiger partial charge in [-0.15, -0.1) is 11.6 Å². The van der Waals surface area contributed by atoms with Gasteiger partial charge in [-0.1, -0.05) is 6.07 Å². The quantitative estimate of drug-likeness (QED) is 0.393. The number of hydrogen-bond donors (Lipinski definition) is 0. The number of ether oxygens (including phenoxy) is 1. The molecule has 1 aromatic heterocycles. The van der Waals surface area contributed by atoms with Crippen LogP contribution in [0.25, 0.3) is 0 Å². The number of aromatic nitrogens is 1. The molecular formula is C12H7Br2ClN2O3. The van der Waals surface area contributed by atoms with Crippen LogP contribution in [0.2, 0.25) is 0 Å². The second kappa shape index (κ2) is 6.51. The molecule has 0 bridgehead atoms. The van der Waals surface area contributed by atoms with E-state index < -0.39 is 4.92 Å². The summed E-state index contributed by atoms with van der Waals surface area (Å²) in [6.07, 6.45) is 1.58. The summed E-state index contributed by atoms with van der Waals surface area (Å²) in [5.74, 6) is 1.02. The van der Waals surface area contributed by atoms with E-state index in [1.54, 1.807) is 18.3 Å². The highest BCUT2D eigenvalue weighted by Gasteiger charge is 2.17. The number of halogens is 3. The van der Waals surface area contributed by atoms with E-state index in [9.17, 15) is 10.1 Å². The molecule has 8 heteroatoms. The van der Waals surface area contributed by atoms with E-state index in [1.807, 2.05) is 0 Å². The molecule has 0 spiro atoms. The van der Waals surface area contributed by atoms with Gasteiger partial charge in [0, 0.05) is 23.9 Å². The number of nitro benzene ring substituents is 1. The SMILES string of the molecule is O=[N+]([O-])c1cc(Br)c(Oc2ncccc2CCl)c(Br)c1. The van der Waals surface area contributed by atoms with Crippen LogP contribution < -0.4 is 4.74 Å². The molecule has 20 heavy (non-hydrogen) atoms. The molecule has 0 N–H and O–H groups in total. The number of benzene rings is 1. The minimum absolute atomic E-state index is 0.0466. The zero-order valence-corrected chi connectivity index (χ0v) is 13.8. The first-order valence-corrected chi connectivity index (χ1v) is 7.46. The molecule has 0 amide bonds. The van der Waals surface area contributed by atoms with Crippen LogP contribution in [0, 0.1) is 10.1 Å². The van der Waals surface area contributed by atoms with Gasteiger partial charge in [-0.3, -0.25) is 10.1 Å². The number of nitro groups is 1. The molecule has 0 aliphatic heterocycles. The maximum Gasteiger partial charge on any atom is 0.271 e. The number of pyridine rings is 1.